The maximum absolute atomic E-state index is 12.3. The summed E-state index contributed by atoms with van der Waals surface area (Å²) in [7, 11) is 0. The Hall–Kier alpha value is -3.01. The van der Waals surface area contributed by atoms with E-state index in [2.05, 4.69) is 17.4 Å². The first-order chi connectivity index (χ1) is 12.8. The zero-order chi connectivity index (χ0) is 18.2. The molecule has 4 nitrogen and oxygen atoms in total. The van der Waals surface area contributed by atoms with Gasteiger partial charge in [0, 0.05) is 5.39 Å². The van der Waals surface area contributed by atoms with Gasteiger partial charge in [0.25, 0.3) is 5.91 Å². The van der Waals surface area contributed by atoms with Crippen LogP contribution >= 0.6 is 0 Å². The summed E-state index contributed by atoms with van der Waals surface area (Å²) in [6.07, 6.45) is 0.0974. The highest BCUT2D eigenvalue weighted by molar-refractivity contribution is 5.88. The Balaban J connectivity index is 1.50. The van der Waals surface area contributed by atoms with Gasteiger partial charge in [0.05, 0.1) is 6.54 Å². The Morgan fingerprint density at radius 2 is 1.69 bits per heavy atom. The number of fused-ring (bicyclic) bond motifs is 1. The van der Waals surface area contributed by atoms with E-state index in [0.717, 1.165) is 16.5 Å². The number of ether oxygens (including phenoxy) is 2. The molecule has 0 aromatic heterocycles. The number of hydrogen-bond acceptors (Lipinski definition) is 3. The van der Waals surface area contributed by atoms with Crippen molar-refractivity contribution >= 4 is 16.7 Å². The highest BCUT2D eigenvalue weighted by atomic mass is 16.5. The second-order valence-corrected chi connectivity index (χ2v) is 5.94. The molecule has 0 saturated heterocycles. The Labute approximate surface area is 153 Å². The van der Waals surface area contributed by atoms with E-state index in [9.17, 15) is 4.79 Å². The summed E-state index contributed by atoms with van der Waals surface area (Å²) < 4.78 is 11.6. The molecule has 0 aliphatic carbocycles. The summed E-state index contributed by atoms with van der Waals surface area (Å²) in [5, 5.41) is 5.09. The normalized spacial score (nSPS) is 11.7. The van der Waals surface area contributed by atoms with Crippen LogP contribution in [0.2, 0.25) is 0 Å². The van der Waals surface area contributed by atoms with E-state index in [-0.39, 0.29) is 5.91 Å². The van der Waals surface area contributed by atoms with Gasteiger partial charge in [-0.2, -0.15) is 0 Å². The van der Waals surface area contributed by atoms with E-state index >= 15 is 0 Å². The third-order valence-corrected chi connectivity index (χ3v) is 4.09. The largest absolute Gasteiger partial charge is 0.491 e. The number of carbonyl (C=O) groups excluding carboxylic acids is 1. The quantitative estimate of drug-likeness (QED) is 0.620. The van der Waals surface area contributed by atoms with Crippen molar-refractivity contribution in [3.8, 4) is 11.5 Å². The lowest BCUT2D eigenvalue weighted by molar-refractivity contribution is -0.128. The van der Waals surface area contributed by atoms with Crippen molar-refractivity contribution in [2.75, 3.05) is 13.2 Å². The molecule has 3 aromatic carbocycles. The predicted octanol–water partition coefficient (Wildman–Crippen LogP) is 4.19. The lowest BCUT2D eigenvalue weighted by Crippen LogP contribution is -2.39. The average molecular weight is 349 g/mol. The van der Waals surface area contributed by atoms with Gasteiger partial charge in [-0.3, -0.25) is 4.79 Å². The Bertz CT molecular complexity index is 843. The lowest BCUT2D eigenvalue weighted by atomic mass is 10.1. The minimum absolute atomic E-state index is 0.127. The van der Waals surface area contributed by atoms with Crippen LogP contribution in [0.5, 0.6) is 11.5 Å². The van der Waals surface area contributed by atoms with Crippen LogP contribution in [0.15, 0.2) is 72.8 Å². The fourth-order valence-corrected chi connectivity index (χ4v) is 2.76. The summed E-state index contributed by atoms with van der Waals surface area (Å²) in [6, 6.07) is 23.4. The second kappa shape index (κ2) is 8.90. The zero-order valence-electron chi connectivity index (χ0n) is 14.9. The summed E-state index contributed by atoms with van der Waals surface area (Å²) in [6.45, 7) is 2.76. The summed E-state index contributed by atoms with van der Waals surface area (Å²) in [4.78, 5) is 12.3. The smallest absolute Gasteiger partial charge is 0.261 e. The first-order valence-electron chi connectivity index (χ1n) is 8.88. The summed E-state index contributed by atoms with van der Waals surface area (Å²) in [5.41, 5.74) is 0. The molecule has 0 bridgehead atoms. The van der Waals surface area contributed by atoms with Crippen molar-refractivity contribution in [1.29, 1.82) is 0 Å². The third kappa shape index (κ3) is 4.54. The molecule has 1 N–H and O–H groups in total. The van der Waals surface area contributed by atoms with E-state index in [1.807, 2.05) is 67.6 Å². The fraction of sp³-hybridized carbons (Fsp3) is 0.227. The van der Waals surface area contributed by atoms with E-state index in [0.29, 0.717) is 25.3 Å². The number of benzene rings is 3. The molecular formula is C22H23NO3. The van der Waals surface area contributed by atoms with Crippen LogP contribution in [-0.4, -0.2) is 25.2 Å². The molecule has 0 heterocycles. The van der Waals surface area contributed by atoms with E-state index in [1.54, 1.807) is 0 Å². The first-order valence-corrected chi connectivity index (χ1v) is 8.88. The Kier molecular flexibility index (Phi) is 6.09. The third-order valence-electron chi connectivity index (χ3n) is 4.09. The fourth-order valence-electron chi connectivity index (χ4n) is 2.76. The molecule has 0 aliphatic rings. The van der Waals surface area contributed by atoms with Gasteiger partial charge in [-0.15, -0.1) is 0 Å². The highest BCUT2D eigenvalue weighted by Gasteiger charge is 2.17. The molecule has 26 heavy (non-hydrogen) atoms. The second-order valence-electron chi connectivity index (χ2n) is 5.94. The number of hydrogen-bond donors (Lipinski definition) is 1. The maximum atomic E-state index is 12.3. The molecule has 0 saturated carbocycles. The highest BCUT2D eigenvalue weighted by Crippen LogP contribution is 2.24. The molecule has 1 atom stereocenters. The molecule has 3 aromatic rings. The number of carbonyl (C=O) groups is 1. The molecule has 4 heteroatoms. The van der Waals surface area contributed by atoms with E-state index in [1.165, 1.54) is 0 Å². The van der Waals surface area contributed by atoms with Crippen LogP contribution in [0, 0.1) is 0 Å². The van der Waals surface area contributed by atoms with Gasteiger partial charge in [-0.1, -0.05) is 61.5 Å². The molecule has 1 amide bonds. The number of rotatable bonds is 8. The van der Waals surface area contributed by atoms with Crippen molar-refractivity contribution in [2.45, 2.75) is 19.4 Å². The van der Waals surface area contributed by atoms with Crippen molar-refractivity contribution in [1.82, 2.24) is 5.32 Å². The van der Waals surface area contributed by atoms with Gasteiger partial charge in [0.15, 0.2) is 6.10 Å². The van der Waals surface area contributed by atoms with Crippen molar-refractivity contribution < 1.29 is 14.3 Å². The van der Waals surface area contributed by atoms with Gasteiger partial charge < -0.3 is 14.8 Å². The summed E-state index contributed by atoms with van der Waals surface area (Å²) in [5.74, 6) is 1.39. The van der Waals surface area contributed by atoms with E-state index in [4.69, 9.17) is 9.47 Å². The predicted molar refractivity (Wildman–Crippen MR) is 104 cm³/mol. The van der Waals surface area contributed by atoms with E-state index < -0.39 is 6.10 Å². The lowest BCUT2D eigenvalue weighted by Gasteiger charge is -2.17. The van der Waals surface area contributed by atoms with Crippen LogP contribution in [0.25, 0.3) is 10.8 Å². The van der Waals surface area contributed by atoms with Gasteiger partial charge in [0.2, 0.25) is 0 Å². The van der Waals surface area contributed by atoms with Crippen molar-refractivity contribution in [2.24, 2.45) is 0 Å². The number of para-hydroxylation sites is 1. The molecule has 0 unspecified atom stereocenters. The number of amides is 1. The van der Waals surface area contributed by atoms with Crippen LogP contribution < -0.4 is 14.8 Å². The van der Waals surface area contributed by atoms with Crippen LogP contribution in [-0.2, 0) is 4.79 Å². The summed E-state index contributed by atoms with van der Waals surface area (Å²) >= 11 is 0. The minimum atomic E-state index is -0.505. The first kappa shape index (κ1) is 17.8. The molecule has 0 aliphatic heterocycles. The van der Waals surface area contributed by atoms with Gasteiger partial charge in [-0.05, 0) is 30.0 Å². The van der Waals surface area contributed by atoms with Crippen LogP contribution in [0.4, 0.5) is 0 Å². The molecule has 0 radical (unpaired) electrons. The molecule has 3 rings (SSSR count). The van der Waals surface area contributed by atoms with Crippen molar-refractivity contribution in [3.63, 3.8) is 0 Å². The monoisotopic (exact) mass is 349 g/mol. The standard InChI is InChI=1S/C22H23NO3/c1-2-20(26-18-11-4-3-5-12-18)22(24)23-15-16-25-21-14-8-10-17-9-6-7-13-19(17)21/h3-14,20H,2,15-16H2,1H3,(H,23,24)/t20-/m1/s1. The van der Waals surface area contributed by atoms with Gasteiger partial charge >= 0.3 is 0 Å². The SMILES string of the molecule is CC[C@@H](Oc1ccccc1)C(=O)NCCOc1cccc2ccccc12. The van der Waals surface area contributed by atoms with Crippen LogP contribution in [0.1, 0.15) is 13.3 Å². The van der Waals surface area contributed by atoms with Gasteiger partial charge in [0.1, 0.15) is 18.1 Å². The Morgan fingerprint density at radius 3 is 2.50 bits per heavy atom. The molecule has 0 fully saturated rings. The molecular weight excluding hydrogens is 326 g/mol. The van der Waals surface area contributed by atoms with Crippen molar-refractivity contribution in [3.05, 3.63) is 72.8 Å². The van der Waals surface area contributed by atoms with Crippen LogP contribution in [0.3, 0.4) is 0 Å². The maximum Gasteiger partial charge on any atom is 0.261 e. The topological polar surface area (TPSA) is 47.6 Å². The zero-order valence-corrected chi connectivity index (χ0v) is 14.9. The molecule has 0 spiro atoms. The Morgan fingerprint density at radius 1 is 0.962 bits per heavy atom. The molecule has 134 valence electrons. The minimum Gasteiger partial charge on any atom is -0.491 e. The number of nitrogens with one attached hydrogen (secondary N) is 1. The van der Waals surface area contributed by atoms with Gasteiger partial charge in [-0.25, -0.2) is 0 Å². The average Bonchev–Trinajstić information content (AvgIpc) is 2.70.